The van der Waals surface area contributed by atoms with Crippen molar-refractivity contribution in [2.45, 2.75) is 50.2 Å². The fourth-order valence-electron chi connectivity index (χ4n) is 4.32. The summed E-state index contributed by atoms with van der Waals surface area (Å²) in [4.78, 5) is 16.3. The second kappa shape index (κ2) is 8.94. The lowest BCUT2D eigenvalue weighted by Gasteiger charge is -2.38. The van der Waals surface area contributed by atoms with Gasteiger partial charge in [0.05, 0.1) is 10.4 Å². The molecule has 182 valence electrons. The van der Waals surface area contributed by atoms with Gasteiger partial charge in [0.2, 0.25) is 0 Å². The van der Waals surface area contributed by atoms with Gasteiger partial charge in [0, 0.05) is 43.4 Å². The van der Waals surface area contributed by atoms with Crippen LogP contribution < -0.4 is 4.90 Å². The van der Waals surface area contributed by atoms with E-state index in [1.165, 1.54) is 22.3 Å². The Hall–Kier alpha value is -3.07. The summed E-state index contributed by atoms with van der Waals surface area (Å²) in [5.41, 5.74) is 0.947. The van der Waals surface area contributed by atoms with E-state index in [4.69, 9.17) is 4.74 Å². The first-order chi connectivity index (χ1) is 16.0. The van der Waals surface area contributed by atoms with Gasteiger partial charge in [-0.1, -0.05) is 6.07 Å². The molecule has 4 rings (SSSR count). The minimum atomic E-state index is -3.86. The fraction of sp³-hybridized carbons (Fsp3) is 0.400. The van der Waals surface area contributed by atoms with Crippen LogP contribution in [0.3, 0.4) is 0 Å². The van der Waals surface area contributed by atoms with Crippen molar-refractivity contribution >= 4 is 32.7 Å². The topological polar surface area (TPSA) is 71.9 Å². The van der Waals surface area contributed by atoms with Gasteiger partial charge >= 0.3 is 6.09 Å². The minimum absolute atomic E-state index is 0.0275. The SMILES string of the molecule is CN(c1cccc2c1ccn2S(=O)(=O)c1ccc(F)cc1)C1CCN(C(=O)OC(C)(C)C)CC1. The number of fused-ring (bicyclic) bond motifs is 1. The van der Waals surface area contributed by atoms with E-state index in [0.717, 1.165) is 36.0 Å². The van der Waals surface area contributed by atoms with Crippen LogP contribution in [-0.2, 0) is 14.8 Å². The molecule has 34 heavy (non-hydrogen) atoms. The molecule has 0 aliphatic carbocycles. The number of rotatable bonds is 4. The van der Waals surface area contributed by atoms with Crippen molar-refractivity contribution in [1.82, 2.24) is 8.87 Å². The van der Waals surface area contributed by atoms with E-state index in [0.29, 0.717) is 18.6 Å². The van der Waals surface area contributed by atoms with Gasteiger partial charge in [-0.05, 0) is 76.1 Å². The van der Waals surface area contributed by atoms with Crippen LogP contribution in [0.1, 0.15) is 33.6 Å². The van der Waals surface area contributed by atoms with E-state index in [-0.39, 0.29) is 17.0 Å². The Morgan fingerprint density at radius 3 is 2.32 bits per heavy atom. The van der Waals surface area contributed by atoms with Gasteiger partial charge in [0.1, 0.15) is 11.4 Å². The van der Waals surface area contributed by atoms with Crippen molar-refractivity contribution in [3.05, 3.63) is 60.5 Å². The van der Waals surface area contributed by atoms with Crippen molar-refractivity contribution in [2.24, 2.45) is 0 Å². The highest BCUT2D eigenvalue weighted by atomic mass is 32.2. The maximum Gasteiger partial charge on any atom is 0.410 e. The second-order valence-electron chi connectivity index (χ2n) is 9.59. The maximum absolute atomic E-state index is 13.3. The van der Waals surface area contributed by atoms with Crippen LogP contribution in [0.4, 0.5) is 14.9 Å². The molecule has 3 aromatic rings. The Kier molecular flexibility index (Phi) is 6.33. The summed E-state index contributed by atoms with van der Waals surface area (Å²) in [7, 11) is -1.87. The number of likely N-dealkylation sites (tertiary alicyclic amines) is 1. The van der Waals surface area contributed by atoms with Crippen LogP contribution in [0.15, 0.2) is 59.6 Å². The number of amides is 1. The lowest BCUT2D eigenvalue weighted by atomic mass is 10.0. The number of hydrogen-bond donors (Lipinski definition) is 0. The number of carbonyl (C=O) groups excluding carboxylic acids is 1. The summed E-state index contributed by atoms with van der Waals surface area (Å²) < 4.78 is 46.4. The fourth-order valence-corrected chi connectivity index (χ4v) is 5.67. The summed E-state index contributed by atoms with van der Waals surface area (Å²) in [6, 6.07) is 12.4. The van der Waals surface area contributed by atoms with Crippen molar-refractivity contribution in [1.29, 1.82) is 0 Å². The molecular formula is C25H30FN3O4S. The molecule has 1 aromatic heterocycles. The molecule has 0 radical (unpaired) electrons. The van der Waals surface area contributed by atoms with E-state index in [9.17, 15) is 17.6 Å². The van der Waals surface area contributed by atoms with Gasteiger partial charge in [-0.2, -0.15) is 0 Å². The molecule has 1 aliphatic heterocycles. The van der Waals surface area contributed by atoms with Crippen molar-refractivity contribution < 1.29 is 22.3 Å². The quantitative estimate of drug-likeness (QED) is 0.526. The molecule has 0 N–H and O–H groups in total. The Morgan fingerprint density at radius 2 is 1.71 bits per heavy atom. The third-order valence-corrected chi connectivity index (χ3v) is 7.79. The van der Waals surface area contributed by atoms with Gasteiger partial charge in [0.15, 0.2) is 0 Å². The third kappa shape index (κ3) is 4.75. The number of hydrogen-bond acceptors (Lipinski definition) is 5. The van der Waals surface area contributed by atoms with Crippen molar-refractivity contribution in [3.8, 4) is 0 Å². The van der Waals surface area contributed by atoms with Crippen LogP contribution >= 0.6 is 0 Å². The average molecular weight is 488 g/mol. The van der Waals surface area contributed by atoms with E-state index in [1.807, 2.05) is 40.0 Å². The van der Waals surface area contributed by atoms with E-state index in [2.05, 4.69) is 4.90 Å². The van der Waals surface area contributed by atoms with Gasteiger partial charge in [-0.15, -0.1) is 0 Å². The highest BCUT2D eigenvalue weighted by Gasteiger charge is 2.29. The maximum atomic E-state index is 13.3. The molecule has 2 aromatic carbocycles. The normalized spacial score (nSPS) is 15.5. The summed E-state index contributed by atoms with van der Waals surface area (Å²) in [6.45, 7) is 6.76. The summed E-state index contributed by atoms with van der Waals surface area (Å²) in [5, 5.41) is 0.810. The third-order valence-electron chi connectivity index (χ3n) is 6.09. The largest absolute Gasteiger partial charge is 0.444 e. The number of halogens is 1. The number of carbonyl (C=O) groups is 1. The van der Waals surface area contributed by atoms with Crippen LogP contribution in [0.25, 0.3) is 10.9 Å². The zero-order valence-electron chi connectivity index (χ0n) is 19.9. The predicted molar refractivity (Wildman–Crippen MR) is 130 cm³/mol. The molecule has 1 saturated heterocycles. The Labute approximate surface area is 199 Å². The van der Waals surface area contributed by atoms with E-state index < -0.39 is 21.4 Å². The monoisotopic (exact) mass is 487 g/mol. The average Bonchev–Trinajstić information content (AvgIpc) is 3.23. The highest BCUT2D eigenvalue weighted by molar-refractivity contribution is 7.90. The number of aromatic nitrogens is 1. The van der Waals surface area contributed by atoms with Crippen LogP contribution in [0, 0.1) is 5.82 Å². The lowest BCUT2D eigenvalue weighted by molar-refractivity contribution is 0.0205. The zero-order valence-corrected chi connectivity index (χ0v) is 20.7. The Balaban J connectivity index is 1.55. The number of nitrogens with zero attached hydrogens (tertiary/aromatic N) is 3. The zero-order chi connectivity index (χ0) is 24.7. The molecule has 0 spiro atoms. The molecule has 1 amide bonds. The minimum Gasteiger partial charge on any atom is -0.444 e. The summed E-state index contributed by atoms with van der Waals surface area (Å²) >= 11 is 0. The molecule has 0 bridgehead atoms. The highest BCUT2D eigenvalue weighted by Crippen LogP contribution is 2.32. The molecule has 7 nitrogen and oxygen atoms in total. The lowest BCUT2D eigenvalue weighted by Crippen LogP contribution is -2.47. The van der Waals surface area contributed by atoms with Gasteiger partial charge in [0.25, 0.3) is 10.0 Å². The second-order valence-corrected chi connectivity index (χ2v) is 11.4. The first kappa shape index (κ1) is 24.1. The standard InChI is InChI=1S/C25H30FN3O4S/c1-25(2,3)33-24(30)28-15-12-19(13-16-28)27(4)22-6-5-7-23-21(22)14-17-29(23)34(31,32)20-10-8-18(26)9-11-20/h5-11,14,17,19H,12-13,15-16H2,1-4H3. The summed E-state index contributed by atoms with van der Waals surface area (Å²) in [5.74, 6) is -0.488. The first-order valence-corrected chi connectivity index (χ1v) is 12.7. The number of piperidine rings is 1. The van der Waals surface area contributed by atoms with Crippen molar-refractivity contribution in [3.63, 3.8) is 0 Å². The predicted octanol–water partition coefficient (Wildman–Crippen LogP) is 4.85. The van der Waals surface area contributed by atoms with E-state index in [1.54, 1.807) is 17.0 Å². The smallest absolute Gasteiger partial charge is 0.410 e. The van der Waals surface area contributed by atoms with Crippen molar-refractivity contribution in [2.75, 3.05) is 25.0 Å². The molecule has 0 atom stereocenters. The summed E-state index contributed by atoms with van der Waals surface area (Å²) in [6.07, 6.45) is 2.80. The molecule has 0 saturated carbocycles. The number of anilines is 1. The Morgan fingerprint density at radius 1 is 1.06 bits per heavy atom. The molecular weight excluding hydrogens is 457 g/mol. The van der Waals surface area contributed by atoms with Crippen LogP contribution in [0.5, 0.6) is 0 Å². The van der Waals surface area contributed by atoms with Crippen LogP contribution in [-0.4, -0.2) is 55.2 Å². The van der Waals surface area contributed by atoms with E-state index >= 15 is 0 Å². The molecule has 1 aliphatic rings. The van der Waals surface area contributed by atoms with Gasteiger partial charge < -0.3 is 14.5 Å². The molecule has 2 heterocycles. The first-order valence-electron chi connectivity index (χ1n) is 11.3. The van der Waals surface area contributed by atoms with Gasteiger partial charge in [-0.25, -0.2) is 21.6 Å². The molecule has 0 unspecified atom stereocenters. The Bertz CT molecular complexity index is 1290. The number of benzene rings is 2. The van der Waals surface area contributed by atoms with Crippen LogP contribution in [0.2, 0.25) is 0 Å². The van der Waals surface area contributed by atoms with Gasteiger partial charge in [-0.3, -0.25) is 0 Å². The molecule has 9 heteroatoms. The number of ether oxygens (including phenoxy) is 1. The molecule has 1 fully saturated rings.